The fourth-order valence-electron chi connectivity index (χ4n) is 3.28. The summed E-state index contributed by atoms with van der Waals surface area (Å²) in [5.41, 5.74) is 6.90. The number of nitrogens with zero attached hydrogens (tertiary/aromatic N) is 2. The normalized spacial score (nSPS) is 15.8. The summed E-state index contributed by atoms with van der Waals surface area (Å²) in [4.78, 5) is 5.05. The van der Waals surface area contributed by atoms with Gasteiger partial charge in [-0.25, -0.2) is 0 Å². The van der Waals surface area contributed by atoms with Crippen LogP contribution in [0.4, 0.5) is 0 Å². The van der Waals surface area contributed by atoms with E-state index in [1.807, 2.05) is 0 Å². The third kappa shape index (κ3) is 8.08. The lowest BCUT2D eigenvalue weighted by atomic mass is 10.1. The Morgan fingerprint density at radius 1 is 0.889 bits per heavy atom. The Balaban J connectivity index is 1.93. The molecule has 1 saturated heterocycles. The molecule has 1 heterocycles. The van der Waals surface area contributed by atoms with Crippen molar-refractivity contribution < 1.29 is 9.47 Å². The van der Waals surface area contributed by atoms with E-state index in [4.69, 9.17) is 15.2 Å². The maximum Gasteiger partial charge on any atom is 0.127 e. The standard InChI is InChI=1S/C22H39N3O2/c1-3-5-16-26-21-9-8-20(22(18-21)27-17-6-4-2)19-25-14-12-24(13-15-25)11-7-10-23/h8-9,18H,3-7,10-17,19,23H2,1-2H3. The van der Waals surface area contributed by atoms with E-state index in [1.54, 1.807) is 0 Å². The Labute approximate surface area is 165 Å². The zero-order valence-electron chi connectivity index (χ0n) is 17.4. The van der Waals surface area contributed by atoms with Gasteiger partial charge in [0.2, 0.25) is 0 Å². The molecule has 1 aromatic carbocycles. The smallest absolute Gasteiger partial charge is 0.127 e. The zero-order valence-corrected chi connectivity index (χ0v) is 17.4. The number of nitrogens with two attached hydrogens (primary N) is 1. The lowest BCUT2D eigenvalue weighted by Gasteiger charge is -2.35. The van der Waals surface area contributed by atoms with E-state index < -0.39 is 0 Å². The van der Waals surface area contributed by atoms with Crippen molar-refractivity contribution in [2.75, 3.05) is 52.5 Å². The van der Waals surface area contributed by atoms with Crippen molar-refractivity contribution in [1.82, 2.24) is 9.80 Å². The molecule has 0 amide bonds. The molecule has 1 aliphatic rings. The van der Waals surface area contributed by atoms with Gasteiger partial charge in [-0.05, 0) is 38.4 Å². The van der Waals surface area contributed by atoms with Gasteiger partial charge in [0, 0.05) is 44.4 Å². The fourth-order valence-corrected chi connectivity index (χ4v) is 3.28. The lowest BCUT2D eigenvalue weighted by molar-refractivity contribution is 0.125. The molecule has 0 unspecified atom stereocenters. The first kappa shape index (κ1) is 22.0. The molecule has 154 valence electrons. The summed E-state index contributed by atoms with van der Waals surface area (Å²) in [5.74, 6) is 1.91. The minimum absolute atomic E-state index is 0.773. The zero-order chi connectivity index (χ0) is 19.3. The van der Waals surface area contributed by atoms with E-state index in [1.165, 1.54) is 5.56 Å². The van der Waals surface area contributed by atoms with Gasteiger partial charge in [0.25, 0.3) is 0 Å². The van der Waals surface area contributed by atoms with Gasteiger partial charge >= 0.3 is 0 Å². The molecule has 1 aromatic rings. The number of hydrogen-bond acceptors (Lipinski definition) is 5. The van der Waals surface area contributed by atoms with E-state index in [2.05, 4.69) is 41.8 Å². The monoisotopic (exact) mass is 377 g/mol. The second-order valence-electron chi connectivity index (χ2n) is 7.43. The van der Waals surface area contributed by atoms with Gasteiger partial charge in [-0.1, -0.05) is 32.8 Å². The predicted molar refractivity (Wildman–Crippen MR) is 113 cm³/mol. The Morgan fingerprint density at radius 2 is 1.56 bits per heavy atom. The summed E-state index contributed by atoms with van der Waals surface area (Å²) in [7, 11) is 0. The predicted octanol–water partition coefficient (Wildman–Crippen LogP) is 3.51. The second-order valence-corrected chi connectivity index (χ2v) is 7.43. The number of hydrogen-bond donors (Lipinski definition) is 1. The van der Waals surface area contributed by atoms with Crippen molar-refractivity contribution in [1.29, 1.82) is 0 Å². The van der Waals surface area contributed by atoms with E-state index in [0.717, 1.165) is 103 Å². The number of unbranched alkanes of at least 4 members (excludes halogenated alkanes) is 2. The molecule has 0 bridgehead atoms. The molecule has 1 aliphatic heterocycles. The van der Waals surface area contributed by atoms with Crippen LogP contribution in [0, 0.1) is 0 Å². The van der Waals surface area contributed by atoms with Crippen LogP contribution in [0.15, 0.2) is 18.2 Å². The van der Waals surface area contributed by atoms with Crippen LogP contribution >= 0.6 is 0 Å². The van der Waals surface area contributed by atoms with Gasteiger partial charge < -0.3 is 20.1 Å². The highest BCUT2D eigenvalue weighted by Gasteiger charge is 2.18. The van der Waals surface area contributed by atoms with Crippen molar-refractivity contribution in [3.63, 3.8) is 0 Å². The maximum atomic E-state index is 6.11. The van der Waals surface area contributed by atoms with Crippen LogP contribution in [0.1, 0.15) is 51.5 Å². The minimum atomic E-state index is 0.773. The third-order valence-corrected chi connectivity index (χ3v) is 5.10. The van der Waals surface area contributed by atoms with Crippen LogP contribution in [0.3, 0.4) is 0 Å². The molecular weight excluding hydrogens is 338 g/mol. The first-order valence-corrected chi connectivity index (χ1v) is 10.8. The van der Waals surface area contributed by atoms with Crippen LogP contribution < -0.4 is 15.2 Å². The molecule has 5 nitrogen and oxygen atoms in total. The highest BCUT2D eigenvalue weighted by molar-refractivity contribution is 5.40. The number of benzene rings is 1. The summed E-state index contributed by atoms with van der Waals surface area (Å²) < 4.78 is 12.0. The quantitative estimate of drug-likeness (QED) is 0.533. The Hall–Kier alpha value is -1.30. The summed E-state index contributed by atoms with van der Waals surface area (Å²) in [6.45, 7) is 13.2. The van der Waals surface area contributed by atoms with Gasteiger partial charge in [0.05, 0.1) is 13.2 Å². The molecule has 0 aromatic heterocycles. The average Bonchev–Trinajstić information content (AvgIpc) is 2.69. The first-order chi connectivity index (χ1) is 13.3. The molecule has 1 fully saturated rings. The minimum Gasteiger partial charge on any atom is -0.493 e. The summed E-state index contributed by atoms with van der Waals surface area (Å²) >= 11 is 0. The third-order valence-electron chi connectivity index (χ3n) is 5.10. The SMILES string of the molecule is CCCCOc1ccc(CN2CCN(CCCN)CC2)c(OCCCC)c1. The highest BCUT2D eigenvalue weighted by Crippen LogP contribution is 2.27. The van der Waals surface area contributed by atoms with Gasteiger partial charge in [0.15, 0.2) is 0 Å². The topological polar surface area (TPSA) is 51.0 Å². The highest BCUT2D eigenvalue weighted by atomic mass is 16.5. The largest absolute Gasteiger partial charge is 0.493 e. The van der Waals surface area contributed by atoms with E-state index in [-0.39, 0.29) is 0 Å². The van der Waals surface area contributed by atoms with Gasteiger partial charge in [-0.15, -0.1) is 0 Å². The Bertz CT molecular complexity index is 516. The molecule has 0 aliphatic carbocycles. The summed E-state index contributed by atoms with van der Waals surface area (Å²) in [5, 5.41) is 0. The molecule has 2 N–H and O–H groups in total. The maximum absolute atomic E-state index is 6.11. The molecule has 27 heavy (non-hydrogen) atoms. The fraction of sp³-hybridized carbons (Fsp3) is 0.727. The number of ether oxygens (including phenoxy) is 2. The van der Waals surface area contributed by atoms with Crippen molar-refractivity contribution in [3.05, 3.63) is 23.8 Å². The van der Waals surface area contributed by atoms with Crippen molar-refractivity contribution >= 4 is 0 Å². The van der Waals surface area contributed by atoms with E-state index in [0.29, 0.717) is 0 Å². The van der Waals surface area contributed by atoms with Crippen LogP contribution in [-0.2, 0) is 6.54 Å². The van der Waals surface area contributed by atoms with E-state index in [9.17, 15) is 0 Å². The summed E-state index contributed by atoms with van der Waals surface area (Å²) in [6, 6.07) is 6.36. The van der Waals surface area contributed by atoms with Crippen LogP contribution in [0.25, 0.3) is 0 Å². The molecule has 0 radical (unpaired) electrons. The van der Waals surface area contributed by atoms with Crippen LogP contribution in [0.2, 0.25) is 0 Å². The molecular formula is C22H39N3O2. The molecule has 0 atom stereocenters. The Kier molecular flexibility index (Phi) is 10.6. The van der Waals surface area contributed by atoms with Crippen LogP contribution in [-0.4, -0.2) is 62.3 Å². The number of rotatable bonds is 13. The summed E-state index contributed by atoms with van der Waals surface area (Å²) in [6.07, 6.45) is 5.55. The van der Waals surface area contributed by atoms with Crippen molar-refractivity contribution in [2.24, 2.45) is 5.73 Å². The van der Waals surface area contributed by atoms with Gasteiger partial charge in [0.1, 0.15) is 11.5 Å². The van der Waals surface area contributed by atoms with Gasteiger partial charge in [-0.3, -0.25) is 4.90 Å². The molecule has 2 rings (SSSR count). The van der Waals surface area contributed by atoms with E-state index >= 15 is 0 Å². The van der Waals surface area contributed by atoms with Crippen LogP contribution in [0.5, 0.6) is 11.5 Å². The van der Waals surface area contributed by atoms with Crippen molar-refractivity contribution in [3.8, 4) is 11.5 Å². The molecule has 0 spiro atoms. The first-order valence-electron chi connectivity index (χ1n) is 10.8. The van der Waals surface area contributed by atoms with Crippen molar-refractivity contribution in [2.45, 2.75) is 52.5 Å². The molecule has 0 saturated carbocycles. The second kappa shape index (κ2) is 13.0. The number of piperazine rings is 1. The molecule has 5 heteroatoms. The lowest BCUT2D eigenvalue weighted by Crippen LogP contribution is -2.46. The average molecular weight is 378 g/mol. The Morgan fingerprint density at radius 3 is 2.22 bits per heavy atom. The van der Waals surface area contributed by atoms with Gasteiger partial charge in [-0.2, -0.15) is 0 Å².